The number of hydrogen-bond acceptors (Lipinski definition) is 4. The number of carbonyl (C=O) groups is 1. The molecule has 0 radical (unpaired) electrons. The third kappa shape index (κ3) is 8.19. The molecule has 0 unspecified atom stereocenters. The number of nitrogens with one attached hydrogen (secondary N) is 1. The molecule has 0 heterocycles. The van der Waals surface area contributed by atoms with Gasteiger partial charge >= 0.3 is 6.09 Å². The average molecular weight is 295 g/mol. The van der Waals surface area contributed by atoms with Crippen molar-refractivity contribution < 1.29 is 19.0 Å². The molecule has 1 N–H and O–H groups in total. The van der Waals surface area contributed by atoms with E-state index in [1.807, 2.05) is 52.0 Å². The molecule has 0 saturated heterocycles. The average Bonchev–Trinajstić information content (AvgIpc) is 2.37. The highest BCUT2D eigenvalue weighted by atomic mass is 16.6. The fraction of sp³-hybridized carbons (Fsp3) is 0.562. The van der Waals surface area contributed by atoms with Crippen LogP contribution in [-0.4, -0.2) is 38.1 Å². The van der Waals surface area contributed by atoms with Gasteiger partial charge in [-0.15, -0.1) is 0 Å². The summed E-state index contributed by atoms with van der Waals surface area (Å²) in [5.41, 5.74) is 0.621. The van der Waals surface area contributed by atoms with Crippen molar-refractivity contribution in [1.82, 2.24) is 5.32 Å². The topological polar surface area (TPSA) is 56.8 Å². The molecule has 0 aliphatic carbocycles. The molecule has 1 amide bonds. The number of ether oxygens (including phenoxy) is 3. The van der Waals surface area contributed by atoms with Crippen molar-refractivity contribution in [3.05, 3.63) is 29.8 Å². The zero-order chi connectivity index (χ0) is 15.7. The summed E-state index contributed by atoms with van der Waals surface area (Å²) in [5, 5.41) is 2.63. The summed E-state index contributed by atoms with van der Waals surface area (Å²) >= 11 is 0. The van der Waals surface area contributed by atoms with Gasteiger partial charge in [0.1, 0.15) is 18.0 Å². The summed E-state index contributed by atoms with van der Waals surface area (Å²) in [6, 6.07) is 7.84. The summed E-state index contributed by atoms with van der Waals surface area (Å²) in [6.07, 6.45) is -0.428. The molecule has 5 nitrogen and oxygen atoms in total. The Morgan fingerprint density at radius 2 is 1.86 bits per heavy atom. The predicted molar refractivity (Wildman–Crippen MR) is 81.7 cm³/mol. The van der Waals surface area contributed by atoms with Gasteiger partial charge in [0.2, 0.25) is 0 Å². The van der Waals surface area contributed by atoms with Gasteiger partial charge < -0.3 is 19.5 Å². The van der Waals surface area contributed by atoms with Gasteiger partial charge in [0.15, 0.2) is 0 Å². The standard InChI is InChI=1S/C16H25NO4/c1-13-7-5-6-8-14(13)20-12-11-19-10-9-17-15(18)21-16(2,3)4/h5-8H,9-12H2,1-4H3,(H,17,18). The number of rotatable bonds is 7. The third-order valence-corrected chi connectivity index (χ3v) is 2.49. The Labute approximate surface area is 126 Å². The van der Waals surface area contributed by atoms with Crippen LogP contribution >= 0.6 is 0 Å². The maximum Gasteiger partial charge on any atom is 0.407 e. The van der Waals surface area contributed by atoms with Crippen LogP contribution in [0.15, 0.2) is 24.3 Å². The van der Waals surface area contributed by atoms with Crippen LogP contribution in [0.3, 0.4) is 0 Å². The van der Waals surface area contributed by atoms with E-state index in [0.717, 1.165) is 11.3 Å². The Balaban J connectivity index is 2.03. The van der Waals surface area contributed by atoms with Crippen LogP contribution in [0.25, 0.3) is 0 Å². The van der Waals surface area contributed by atoms with Crippen molar-refractivity contribution in [3.8, 4) is 5.75 Å². The molecule has 0 atom stereocenters. The fourth-order valence-corrected chi connectivity index (χ4v) is 1.57. The Bertz CT molecular complexity index is 440. The monoisotopic (exact) mass is 295 g/mol. The van der Waals surface area contributed by atoms with Gasteiger partial charge in [-0.1, -0.05) is 18.2 Å². The first-order valence-corrected chi connectivity index (χ1v) is 7.11. The van der Waals surface area contributed by atoms with Gasteiger partial charge in [-0.05, 0) is 39.3 Å². The van der Waals surface area contributed by atoms with E-state index in [1.165, 1.54) is 0 Å². The summed E-state index contributed by atoms with van der Waals surface area (Å²) in [5.74, 6) is 0.868. The lowest BCUT2D eigenvalue weighted by molar-refractivity contribution is 0.0488. The molecule has 1 rings (SSSR count). The molecular formula is C16H25NO4. The van der Waals surface area contributed by atoms with E-state index in [-0.39, 0.29) is 0 Å². The van der Waals surface area contributed by atoms with Crippen LogP contribution in [0.5, 0.6) is 5.75 Å². The lowest BCUT2D eigenvalue weighted by Gasteiger charge is -2.19. The normalized spacial score (nSPS) is 11.0. The van der Waals surface area contributed by atoms with Gasteiger partial charge in [-0.25, -0.2) is 4.79 Å². The van der Waals surface area contributed by atoms with Crippen LogP contribution in [-0.2, 0) is 9.47 Å². The summed E-state index contributed by atoms with van der Waals surface area (Å²) in [7, 11) is 0. The van der Waals surface area contributed by atoms with E-state index < -0.39 is 11.7 Å². The molecule has 118 valence electrons. The summed E-state index contributed by atoms with van der Waals surface area (Å²) in [6.45, 7) is 9.28. The lowest BCUT2D eigenvalue weighted by atomic mass is 10.2. The molecule has 0 aromatic heterocycles. The largest absolute Gasteiger partial charge is 0.491 e. The first-order valence-electron chi connectivity index (χ1n) is 7.11. The maximum atomic E-state index is 11.4. The molecule has 0 aliphatic rings. The second kappa shape index (κ2) is 8.52. The van der Waals surface area contributed by atoms with E-state index in [1.54, 1.807) is 0 Å². The zero-order valence-electron chi connectivity index (χ0n) is 13.3. The van der Waals surface area contributed by atoms with Crippen LogP contribution in [0.2, 0.25) is 0 Å². The maximum absolute atomic E-state index is 11.4. The molecule has 0 aliphatic heterocycles. The van der Waals surface area contributed by atoms with Gasteiger partial charge in [0.25, 0.3) is 0 Å². The smallest absolute Gasteiger partial charge is 0.407 e. The SMILES string of the molecule is Cc1ccccc1OCCOCCNC(=O)OC(C)(C)C. The molecule has 21 heavy (non-hydrogen) atoms. The van der Waals surface area contributed by atoms with Gasteiger partial charge in [-0.2, -0.15) is 0 Å². The fourth-order valence-electron chi connectivity index (χ4n) is 1.57. The number of aryl methyl sites for hydroxylation is 1. The first-order chi connectivity index (χ1) is 9.88. The van der Waals surface area contributed by atoms with E-state index in [2.05, 4.69) is 5.32 Å². The zero-order valence-corrected chi connectivity index (χ0v) is 13.3. The van der Waals surface area contributed by atoms with Crippen molar-refractivity contribution >= 4 is 6.09 Å². The van der Waals surface area contributed by atoms with Crippen LogP contribution in [0.1, 0.15) is 26.3 Å². The van der Waals surface area contributed by atoms with Gasteiger partial charge in [-0.3, -0.25) is 0 Å². The van der Waals surface area contributed by atoms with Gasteiger partial charge in [0.05, 0.1) is 13.2 Å². The Morgan fingerprint density at radius 3 is 2.52 bits per heavy atom. The quantitative estimate of drug-likeness (QED) is 0.786. The van der Waals surface area contributed by atoms with Crippen molar-refractivity contribution in [1.29, 1.82) is 0 Å². The first kappa shape index (κ1) is 17.3. The van der Waals surface area contributed by atoms with Crippen molar-refractivity contribution in [2.75, 3.05) is 26.4 Å². The van der Waals surface area contributed by atoms with Crippen molar-refractivity contribution in [3.63, 3.8) is 0 Å². The summed E-state index contributed by atoms with van der Waals surface area (Å²) in [4.78, 5) is 11.4. The molecule has 0 bridgehead atoms. The highest BCUT2D eigenvalue weighted by molar-refractivity contribution is 5.67. The Hall–Kier alpha value is -1.75. The van der Waals surface area contributed by atoms with Gasteiger partial charge in [0, 0.05) is 6.54 Å². The molecular weight excluding hydrogens is 270 g/mol. The number of alkyl carbamates (subject to hydrolysis) is 1. The van der Waals surface area contributed by atoms with E-state index in [4.69, 9.17) is 14.2 Å². The highest BCUT2D eigenvalue weighted by Gasteiger charge is 2.15. The predicted octanol–water partition coefficient (Wildman–Crippen LogP) is 2.92. The minimum atomic E-state index is -0.480. The van der Waals surface area contributed by atoms with E-state index in [0.29, 0.717) is 26.4 Å². The number of amides is 1. The number of hydrogen-bond donors (Lipinski definition) is 1. The Morgan fingerprint density at radius 1 is 1.14 bits per heavy atom. The molecule has 5 heteroatoms. The van der Waals surface area contributed by atoms with Crippen LogP contribution < -0.4 is 10.1 Å². The number of benzene rings is 1. The summed E-state index contributed by atoms with van der Waals surface area (Å²) < 4.78 is 16.1. The molecule has 0 saturated carbocycles. The van der Waals surface area contributed by atoms with Crippen LogP contribution in [0.4, 0.5) is 4.79 Å². The molecule has 1 aromatic carbocycles. The Kier molecular flexibility index (Phi) is 7.02. The second-order valence-electron chi connectivity index (χ2n) is 5.65. The molecule has 0 fully saturated rings. The van der Waals surface area contributed by atoms with E-state index in [9.17, 15) is 4.79 Å². The van der Waals surface area contributed by atoms with Crippen molar-refractivity contribution in [2.24, 2.45) is 0 Å². The lowest BCUT2D eigenvalue weighted by Crippen LogP contribution is -2.34. The second-order valence-corrected chi connectivity index (χ2v) is 5.65. The minimum absolute atomic E-state index is 0.416. The highest BCUT2D eigenvalue weighted by Crippen LogP contribution is 2.15. The molecule has 0 spiro atoms. The molecule has 1 aromatic rings. The van der Waals surface area contributed by atoms with Crippen LogP contribution in [0, 0.1) is 6.92 Å². The van der Waals surface area contributed by atoms with Crippen molar-refractivity contribution in [2.45, 2.75) is 33.3 Å². The van der Waals surface area contributed by atoms with E-state index >= 15 is 0 Å². The number of para-hydroxylation sites is 1. The minimum Gasteiger partial charge on any atom is -0.491 e. The third-order valence-electron chi connectivity index (χ3n) is 2.49. The number of carbonyl (C=O) groups excluding carboxylic acids is 1.